The predicted octanol–water partition coefficient (Wildman–Crippen LogP) is 4.65. The van der Waals surface area contributed by atoms with Crippen molar-refractivity contribution in [2.75, 3.05) is 13.1 Å². The SMILES string of the molecule is Cc1cc(C)c(S(=O)(=O)N2CCC(C(=O)N[C@@H](C)c3ccc(Br)cc3)CC2)c(C)c1. The number of hydrogen-bond donors (Lipinski definition) is 1. The fraction of sp³-hybridized carbons (Fsp3) is 0.435. The van der Waals surface area contributed by atoms with Gasteiger partial charge in [-0.1, -0.05) is 45.8 Å². The molecule has 1 saturated heterocycles. The van der Waals surface area contributed by atoms with Gasteiger partial charge in [0.25, 0.3) is 0 Å². The van der Waals surface area contributed by atoms with Crippen LogP contribution >= 0.6 is 15.9 Å². The minimum Gasteiger partial charge on any atom is -0.349 e. The lowest BCUT2D eigenvalue weighted by molar-refractivity contribution is -0.126. The highest BCUT2D eigenvalue weighted by Crippen LogP contribution is 2.29. The number of aryl methyl sites for hydroxylation is 3. The number of nitrogens with one attached hydrogen (secondary N) is 1. The van der Waals surface area contributed by atoms with Crippen molar-refractivity contribution in [3.05, 3.63) is 63.1 Å². The maximum Gasteiger partial charge on any atom is 0.243 e. The molecule has 0 spiro atoms. The highest BCUT2D eigenvalue weighted by molar-refractivity contribution is 9.10. The van der Waals surface area contributed by atoms with Crippen molar-refractivity contribution in [2.45, 2.75) is 51.5 Å². The molecule has 5 nitrogen and oxygen atoms in total. The second-order valence-corrected chi connectivity index (χ2v) is 11.0. The van der Waals surface area contributed by atoms with Crippen LogP contribution in [0.3, 0.4) is 0 Å². The molecule has 0 aliphatic carbocycles. The standard InChI is InChI=1S/C23H29BrN2O3S/c1-15-13-16(2)22(17(3)14-15)30(28,29)26-11-9-20(10-12-26)23(27)25-18(4)19-5-7-21(24)8-6-19/h5-8,13-14,18,20H,9-12H2,1-4H3,(H,25,27)/t18-/m0/s1. The van der Waals surface area contributed by atoms with Crippen molar-refractivity contribution in [2.24, 2.45) is 5.92 Å². The Morgan fingerprint density at radius 2 is 1.60 bits per heavy atom. The summed E-state index contributed by atoms with van der Waals surface area (Å²) in [7, 11) is -3.56. The van der Waals surface area contributed by atoms with Crippen LogP contribution in [0.15, 0.2) is 45.8 Å². The van der Waals surface area contributed by atoms with Crippen LogP contribution in [0, 0.1) is 26.7 Å². The Balaban J connectivity index is 1.64. The number of halogens is 1. The summed E-state index contributed by atoms with van der Waals surface area (Å²) in [6, 6.07) is 11.6. The molecule has 1 aliphatic rings. The van der Waals surface area contributed by atoms with E-state index < -0.39 is 10.0 Å². The quantitative estimate of drug-likeness (QED) is 0.660. The Morgan fingerprint density at radius 1 is 1.07 bits per heavy atom. The average Bonchev–Trinajstić information content (AvgIpc) is 2.67. The molecule has 1 amide bonds. The van der Waals surface area contributed by atoms with E-state index in [-0.39, 0.29) is 17.9 Å². The first kappa shape index (κ1) is 23.0. The van der Waals surface area contributed by atoms with Crippen molar-refractivity contribution in [1.29, 1.82) is 0 Å². The van der Waals surface area contributed by atoms with Gasteiger partial charge in [0.1, 0.15) is 0 Å². The first-order chi connectivity index (χ1) is 14.1. The maximum atomic E-state index is 13.2. The normalized spacial score (nSPS) is 17.0. The lowest BCUT2D eigenvalue weighted by Gasteiger charge is -2.32. The Labute approximate surface area is 188 Å². The smallest absolute Gasteiger partial charge is 0.243 e. The highest BCUT2D eigenvalue weighted by atomic mass is 79.9. The van der Waals surface area contributed by atoms with Gasteiger partial charge in [-0.2, -0.15) is 4.31 Å². The highest BCUT2D eigenvalue weighted by Gasteiger charge is 2.34. The summed E-state index contributed by atoms with van der Waals surface area (Å²) in [5.74, 6) is -0.181. The Hall–Kier alpha value is -1.70. The summed E-state index contributed by atoms with van der Waals surface area (Å²) in [6.45, 7) is 8.34. The van der Waals surface area contributed by atoms with Crippen molar-refractivity contribution >= 4 is 31.9 Å². The van der Waals surface area contributed by atoms with E-state index in [4.69, 9.17) is 0 Å². The zero-order valence-corrected chi connectivity index (χ0v) is 20.3. The number of benzene rings is 2. The predicted molar refractivity (Wildman–Crippen MR) is 123 cm³/mol. The van der Waals surface area contributed by atoms with E-state index in [2.05, 4.69) is 21.2 Å². The van der Waals surface area contributed by atoms with Crippen LogP contribution in [0.5, 0.6) is 0 Å². The Kier molecular flexibility index (Phi) is 7.05. The minimum atomic E-state index is -3.56. The molecule has 30 heavy (non-hydrogen) atoms. The first-order valence-electron chi connectivity index (χ1n) is 10.2. The van der Waals surface area contributed by atoms with Crippen LogP contribution in [-0.2, 0) is 14.8 Å². The second-order valence-electron chi connectivity index (χ2n) is 8.19. The van der Waals surface area contributed by atoms with E-state index in [1.165, 1.54) is 4.31 Å². The summed E-state index contributed by atoms with van der Waals surface area (Å²) >= 11 is 3.42. The number of carbonyl (C=O) groups is 1. The van der Waals surface area contributed by atoms with Gasteiger partial charge in [-0.25, -0.2) is 8.42 Å². The molecule has 0 bridgehead atoms. The zero-order valence-electron chi connectivity index (χ0n) is 17.9. The molecule has 2 aromatic rings. The molecule has 3 rings (SSSR count). The summed E-state index contributed by atoms with van der Waals surface area (Å²) < 4.78 is 29.0. The number of rotatable bonds is 5. The molecular weight excluding hydrogens is 464 g/mol. The van der Waals surface area contributed by atoms with Gasteiger partial charge < -0.3 is 5.32 Å². The van der Waals surface area contributed by atoms with Crippen LogP contribution < -0.4 is 5.32 Å². The van der Waals surface area contributed by atoms with Crippen molar-refractivity contribution < 1.29 is 13.2 Å². The largest absolute Gasteiger partial charge is 0.349 e. The zero-order chi connectivity index (χ0) is 22.1. The van der Waals surface area contributed by atoms with E-state index in [0.29, 0.717) is 30.8 Å². The monoisotopic (exact) mass is 492 g/mol. The molecule has 0 aromatic heterocycles. The number of piperidine rings is 1. The fourth-order valence-corrected chi connectivity index (χ4v) is 6.37. The third kappa shape index (κ3) is 4.95. The molecule has 1 fully saturated rings. The third-order valence-corrected chi connectivity index (χ3v) is 8.49. The summed E-state index contributed by atoms with van der Waals surface area (Å²) in [5.41, 5.74) is 3.64. The summed E-state index contributed by atoms with van der Waals surface area (Å²) in [6.07, 6.45) is 1.06. The summed E-state index contributed by atoms with van der Waals surface area (Å²) in [5, 5.41) is 3.07. The van der Waals surface area contributed by atoms with Crippen molar-refractivity contribution in [3.63, 3.8) is 0 Å². The van der Waals surface area contributed by atoms with Crippen LogP contribution in [0.2, 0.25) is 0 Å². The number of amides is 1. The van der Waals surface area contributed by atoms with Gasteiger partial charge in [-0.3, -0.25) is 4.79 Å². The molecule has 1 heterocycles. The van der Waals surface area contributed by atoms with E-state index in [0.717, 1.165) is 26.7 Å². The number of sulfonamides is 1. The summed E-state index contributed by atoms with van der Waals surface area (Å²) in [4.78, 5) is 13.1. The Bertz CT molecular complexity index is 1000. The number of carbonyl (C=O) groups excluding carboxylic acids is 1. The van der Waals surface area contributed by atoms with Gasteiger partial charge in [-0.15, -0.1) is 0 Å². The van der Waals surface area contributed by atoms with Crippen LogP contribution in [0.1, 0.15) is 48.1 Å². The molecule has 0 saturated carbocycles. The molecule has 162 valence electrons. The van der Waals surface area contributed by atoms with Gasteiger partial charge in [0.2, 0.25) is 15.9 Å². The second kappa shape index (κ2) is 9.20. The van der Waals surface area contributed by atoms with E-state index >= 15 is 0 Å². The first-order valence-corrected chi connectivity index (χ1v) is 12.5. The van der Waals surface area contributed by atoms with Crippen LogP contribution in [0.4, 0.5) is 0 Å². The molecule has 7 heteroatoms. The minimum absolute atomic E-state index is 0.00911. The van der Waals surface area contributed by atoms with E-state index in [1.54, 1.807) is 0 Å². The number of hydrogen-bond acceptors (Lipinski definition) is 3. The average molecular weight is 493 g/mol. The molecule has 0 radical (unpaired) electrons. The maximum absolute atomic E-state index is 13.2. The molecular formula is C23H29BrN2O3S. The molecule has 1 atom stereocenters. The fourth-order valence-electron chi connectivity index (χ4n) is 4.23. The molecule has 1 N–H and O–H groups in total. The molecule has 2 aromatic carbocycles. The van der Waals surface area contributed by atoms with E-state index in [9.17, 15) is 13.2 Å². The van der Waals surface area contributed by atoms with E-state index in [1.807, 2.05) is 64.1 Å². The number of nitrogens with zero attached hydrogens (tertiary/aromatic N) is 1. The van der Waals surface area contributed by atoms with Crippen LogP contribution in [-0.4, -0.2) is 31.7 Å². The van der Waals surface area contributed by atoms with Gasteiger partial charge in [0.05, 0.1) is 10.9 Å². The topological polar surface area (TPSA) is 66.5 Å². The van der Waals surface area contributed by atoms with Gasteiger partial charge in [0.15, 0.2) is 0 Å². The molecule has 1 aliphatic heterocycles. The van der Waals surface area contributed by atoms with Crippen molar-refractivity contribution in [1.82, 2.24) is 9.62 Å². The van der Waals surface area contributed by atoms with Crippen molar-refractivity contribution in [3.8, 4) is 0 Å². The van der Waals surface area contributed by atoms with Gasteiger partial charge in [-0.05, 0) is 69.4 Å². The lowest BCUT2D eigenvalue weighted by Crippen LogP contribution is -2.43. The molecule has 0 unspecified atom stereocenters. The van der Waals surface area contributed by atoms with Gasteiger partial charge in [0, 0.05) is 23.5 Å². The third-order valence-electron chi connectivity index (χ3n) is 5.76. The van der Waals surface area contributed by atoms with Gasteiger partial charge >= 0.3 is 0 Å². The Morgan fingerprint density at radius 3 is 2.13 bits per heavy atom. The lowest BCUT2D eigenvalue weighted by atomic mass is 9.96. The van der Waals surface area contributed by atoms with Crippen LogP contribution in [0.25, 0.3) is 0 Å².